The summed E-state index contributed by atoms with van der Waals surface area (Å²) in [6, 6.07) is 54.6. The van der Waals surface area contributed by atoms with Crippen LogP contribution in [0.4, 0.5) is 0 Å². The molecule has 0 saturated heterocycles. The van der Waals surface area contributed by atoms with Crippen molar-refractivity contribution in [3.8, 4) is 16.9 Å². The molecule has 0 heterocycles. The van der Waals surface area contributed by atoms with E-state index in [4.69, 9.17) is 0 Å². The summed E-state index contributed by atoms with van der Waals surface area (Å²) in [5.74, 6) is 0.357. The molecule has 0 radical (unpaired) electrons. The van der Waals surface area contributed by atoms with Gasteiger partial charge in [0.1, 0.15) is 5.75 Å². The maximum Gasteiger partial charge on any atom is 0.183 e. The molecule has 1 aliphatic carbocycles. The van der Waals surface area contributed by atoms with Crippen molar-refractivity contribution in [2.75, 3.05) is 0 Å². The van der Waals surface area contributed by atoms with E-state index in [9.17, 15) is 5.11 Å². The van der Waals surface area contributed by atoms with Crippen molar-refractivity contribution >= 4 is 28.8 Å². The van der Waals surface area contributed by atoms with Crippen LogP contribution in [0.25, 0.3) is 11.1 Å². The maximum atomic E-state index is 12.8. The van der Waals surface area contributed by atoms with Crippen LogP contribution in [0.2, 0.25) is 0 Å². The van der Waals surface area contributed by atoms with Gasteiger partial charge in [0, 0.05) is 11.5 Å². The Labute approximate surface area is 256 Å². The quantitative estimate of drug-likeness (QED) is 0.170. The summed E-state index contributed by atoms with van der Waals surface area (Å²) in [7, 11) is -2.97. The number of hydrogen-bond acceptors (Lipinski definition) is 1. The van der Waals surface area contributed by atoms with E-state index < -0.39 is 8.07 Å². The third-order valence-corrected chi connectivity index (χ3v) is 14.0. The first-order valence-corrected chi connectivity index (χ1v) is 17.1. The SMILES string of the molecule is CC(C)(C)c1cc(C2c3ccccc3-c3ccccc32)c(O)c([Si](c2ccccc2)(c2ccccc2)c2ccccc2)c1. The Balaban J connectivity index is 1.63. The lowest BCUT2D eigenvalue weighted by Gasteiger charge is -2.37. The lowest BCUT2D eigenvalue weighted by Crippen LogP contribution is -2.74. The highest BCUT2D eigenvalue weighted by atomic mass is 28.3. The molecule has 0 saturated carbocycles. The van der Waals surface area contributed by atoms with E-state index in [1.807, 2.05) is 0 Å². The zero-order valence-corrected chi connectivity index (χ0v) is 26.0. The second kappa shape index (κ2) is 10.6. The van der Waals surface area contributed by atoms with Gasteiger partial charge in [-0.3, -0.25) is 0 Å². The largest absolute Gasteiger partial charge is 0.508 e. The highest BCUT2D eigenvalue weighted by Crippen LogP contribution is 2.50. The van der Waals surface area contributed by atoms with Crippen LogP contribution in [0.5, 0.6) is 5.75 Å². The Morgan fingerprint density at radius 1 is 0.488 bits per heavy atom. The molecule has 6 aromatic rings. The van der Waals surface area contributed by atoms with E-state index in [0.29, 0.717) is 5.75 Å². The molecule has 0 amide bonds. The average Bonchev–Trinajstić information content (AvgIpc) is 3.37. The molecule has 210 valence electrons. The number of aromatic hydroxyl groups is 1. The Hall–Kier alpha value is -4.66. The first-order valence-electron chi connectivity index (χ1n) is 15.1. The molecular formula is C41H36OSi. The fourth-order valence-electron chi connectivity index (χ4n) is 7.12. The number of phenolic OH excluding ortho intramolecular Hbond substituents is 1. The van der Waals surface area contributed by atoms with Gasteiger partial charge in [0.2, 0.25) is 0 Å². The molecule has 0 atom stereocenters. The van der Waals surface area contributed by atoms with Crippen LogP contribution in [0.15, 0.2) is 152 Å². The summed E-state index contributed by atoms with van der Waals surface area (Å²) >= 11 is 0. The zero-order valence-electron chi connectivity index (χ0n) is 25.0. The molecule has 0 unspecified atom stereocenters. The number of fused-ring (bicyclic) bond motifs is 3. The van der Waals surface area contributed by atoms with Gasteiger partial charge in [-0.2, -0.15) is 0 Å². The van der Waals surface area contributed by atoms with Gasteiger partial charge >= 0.3 is 0 Å². The number of hydrogen-bond donors (Lipinski definition) is 1. The molecule has 43 heavy (non-hydrogen) atoms. The molecule has 0 fully saturated rings. The lowest BCUT2D eigenvalue weighted by molar-refractivity contribution is 0.470. The van der Waals surface area contributed by atoms with Crippen LogP contribution < -0.4 is 20.7 Å². The Bertz CT molecular complexity index is 1760. The van der Waals surface area contributed by atoms with Gasteiger partial charge in [0.25, 0.3) is 0 Å². The van der Waals surface area contributed by atoms with E-state index in [-0.39, 0.29) is 11.3 Å². The Kier molecular flexibility index (Phi) is 6.67. The van der Waals surface area contributed by atoms with Crippen molar-refractivity contribution in [3.05, 3.63) is 174 Å². The van der Waals surface area contributed by atoms with Gasteiger partial charge in [-0.05, 0) is 54.0 Å². The van der Waals surface area contributed by atoms with Crippen LogP contribution in [0, 0.1) is 0 Å². The first-order chi connectivity index (χ1) is 20.9. The minimum absolute atomic E-state index is 0.0533. The minimum Gasteiger partial charge on any atom is -0.508 e. The van der Waals surface area contributed by atoms with E-state index >= 15 is 0 Å². The van der Waals surface area contributed by atoms with Gasteiger partial charge in [0.05, 0.1) is 0 Å². The number of rotatable bonds is 5. The molecule has 1 aliphatic rings. The summed E-state index contributed by atoms with van der Waals surface area (Å²) in [6.07, 6.45) is 0. The van der Waals surface area contributed by atoms with Gasteiger partial charge in [-0.15, -0.1) is 0 Å². The smallest absolute Gasteiger partial charge is 0.183 e. The van der Waals surface area contributed by atoms with Crippen molar-refractivity contribution in [2.24, 2.45) is 0 Å². The monoisotopic (exact) mass is 572 g/mol. The van der Waals surface area contributed by atoms with Gasteiger partial charge < -0.3 is 5.11 Å². The summed E-state index contributed by atoms with van der Waals surface area (Å²) < 4.78 is 0. The second-order valence-electron chi connectivity index (χ2n) is 12.7. The maximum absolute atomic E-state index is 12.8. The molecule has 0 bridgehead atoms. The van der Waals surface area contributed by atoms with Gasteiger partial charge in [0.15, 0.2) is 8.07 Å². The normalized spacial score (nSPS) is 13.0. The third-order valence-electron chi connectivity index (χ3n) is 9.17. The summed E-state index contributed by atoms with van der Waals surface area (Å²) in [4.78, 5) is 0. The van der Waals surface area contributed by atoms with Crippen LogP contribution in [-0.2, 0) is 5.41 Å². The van der Waals surface area contributed by atoms with Gasteiger partial charge in [-0.25, -0.2) is 0 Å². The molecule has 0 aromatic heterocycles. The predicted octanol–water partition coefficient (Wildman–Crippen LogP) is 7.23. The molecule has 6 aromatic carbocycles. The average molecular weight is 573 g/mol. The van der Waals surface area contributed by atoms with Crippen molar-refractivity contribution in [3.63, 3.8) is 0 Å². The van der Waals surface area contributed by atoms with Crippen molar-refractivity contribution in [1.29, 1.82) is 0 Å². The standard InChI is InChI=1S/C41H36OSi/c1-41(2,3)29-27-37(39-35-25-15-13-23-33(35)34-24-14-16-26-36(34)39)40(42)38(28-29)43(30-17-7-4-8-18-30,31-19-9-5-10-20-31)32-21-11-6-12-22-32/h4-28,39,42H,1-3H3. The molecule has 0 spiro atoms. The van der Waals surface area contributed by atoms with Crippen LogP contribution >= 0.6 is 0 Å². The second-order valence-corrected chi connectivity index (χ2v) is 16.4. The van der Waals surface area contributed by atoms with Crippen LogP contribution in [0.1, 0.15) is 48.9 Å². The van der Waals surface area contributed by atoms with Crippen LogP contribution in [-0.4, -0.2) is 13.2 Å². The fourth-order valence-corrected chi connectivity index (χ4v) is 12.0. The van der Waals surface area contributed by atoms with E-state index in [1.165, 1.54) is 43.4 Å². The fraction of sp³-hybridized carbons (Fsp3) is 0.122. The highest BCUT2D eigenvalue weighted by Gasteiger charge is 2.45. The number of benzene rings is 6. The van der Waals surface area contributed by atoms with Crippen molar-refractivity contribution < 1.29 is 5.11 Å². The van der Waals surface area contributed by atoms with E-state index in [1.54, 1.807) is 0 Å². The Morgan fingerprint density at radius 2 is 0.884 bits per heavy atom. The van der Waals surface area contributed by atoms with Gasteiger partial charge in [-0.1, -0.05) is 172 Å². The van der Waals surface area contributed by atoms with E-state index in [2.05, 4.69) is 172 Å². The molecule has 2 heteroatoms. The molecule has 0 aliphatic heterocycles. The lowest BCUT2D eigenvalue weighted by atomic mass is 9.82. The van der Waals surface area contributed by atoms with Crippen molar-refractivity contribution in [2.45, 2.75) is 32.1 Å². The van der Waals surface area contributed by atoms with Crippen LogP contribution in [0.3, 0.4) is 0 Å². The minimum atomic E-state index is -2.97. The molecule has 1 N–H and O–H groups in total. The summed E-state index contributed by atoms with van der Waals surface area (Å²) in [5, 5.41) is 17.7. The molecule has 7 rings (SSSR count). The van der Waals surface area contributed by atoms with Crippen molar-refractivity contribution in [1.82, 2.24) is 0 Å². The molecule has 1 nitrogen and oxygen atoms in total. The van der Waals surface area contributed by atoms with E-state index in [0.717, 1.165) is 10.8 Å². The third kappa shape index (κ3) is 4.37. The summed E-state index contributed by atoms with van der Waals surface area (Å²) in [6.45, 7) is 6.83. The first kappa shape index (κ1) is 27.2. The summed E-state index contributed by atoms with van der Waals surface area (Å²) in [5.41, 5.74) is 7.10. The Morgan fingerprint density at radius 3 is 1.30 bits per heavy atom. The predicted molar refractivity (Wildman–Crippen MR) is 183 cm³/mol. The highest BCUT2D eigenvalue weighted by molar-refractivity contribution is 7.20. The molecular weight excluding hydrogens is 537 g/mol. The topological polar surface area (TPSA) is 20.2 Å². The zero-order chi connectivity index (χ0) is 29.6. The number of phenols is 1.